The Morgan fingerprint density at radius 1 is 0.903 bits per heavy atom. The number of aliphatic hydroxyl groups is 1. The van der Waals surface area contributed by atoms with Gasteiger partial charge >= 0.3 is 5.97 Å². The van der Waals surface area contributed by atoms with Crippen LogP contribution < -0.4 is 5.32 Å². The zero-order valence-corrected chi connectivity index (χ0v) is 19.7. The van der Waals surface area contributed by atoms with E-state index in [2.05, 4.69) is 24.4 Å². The van der Waals surface area contributed by atoms with Gasteiger partial charge in [-0.2, -0.15) is 0 Å². The topological polar surface area (TPSA) is 58.6 Å². The lowest BCUT2D eigenvalue weighted by molar-refractivity contribution is -0.150. The summed E-state index contributed by atoms with van der Waals surface area (Å²) in [4.78, 5) is 12.0. The van der Waals surface area contributed by atoms with Crippen molar-refractivity contribution in [2.24, 2.45) is 0 Å². The van der Waals surface area contributed by atoms with E-state index in [1.165, 1.54) is 64.2 Å². The van der Waals surface area contributed by atoms with Gasteiger partial charge in [0, 0.05) is 12.1 Å². The van der Waals surface area contributed by atoms with Crippen molar-refractivity contribution in [2.75, 3.05) is 18.5 Å². The SMILES string of the molecule is CCCCCCCC/C=C\CCCCCCCC(=O)OC(CO)CNc1ccccc1. The van der Waals surface area contributed by atoms with Gasteiger partial charge in [-0.3, -0.25) is 4.79 Å². The standard InChI is InChI=1S/C27H45NO3/c1-2-3-4-5-6-7-8-9-10-11-12-13-14-15-19-22-27(30)31-26(24-29)23-28-25-20-17-16-18-21-25/h9-10,16-18,20-21,26,28-29H,2-8,11-15,19,22-24H2,1H3/b10-9-. The molecule has 1 rings (SSSR count). The van der Waals surface area contributed by atoms with Crippen LogP contribution in [0.1, 0.15) is 96.8 Å². The van der Waals surface area contributed by atoms with Gasteiger partial charge in [0.05, 0.1) is 13.2 Å². The van der Waals surface area contributed by atoms with Crippen molar-refractivity contribution < 1.29 is 14.6 Å². The van der Waals surface area contributed by atoms with Gasteiger partial charge in [0.2, 0.25) is 0 Å². The predicted octanol–water partition coefficient (Wildman–Crippen LogP) is 7.04. The molecule has 31 heavy (non-hydrogen) atoms. The molecule has 2 N–H and O–H groups in total. The van der Waals surface area contributed by atoms with E-state index in [4.69, 9.17) is 4.74 Å². The van der Waals surface area contributed by atoms with E-state index in [0.717, 1.165) is 24.9 Å². The summed E-state index contributed by atoms with van der Waals surface area (Å²) in [6, 6.07) is 9.72. The van der Waals surface area contributed by atoms with Gasteiger partial charge in [0.1, 0.15) is 6.10 Å². The van der Waals surface area contributed by atoms with Crippen LogP contribution in [0.25, 0.3) is 0 Å². The molecule has 0 bridgehead atoms. The van der Waals surface area contributed by atoms with Crippen LogP contribution in [0, 0.1) is 0 Å². The quantitative estimate of drug-likeness (QED) is 0.132. The number of benzene rings is 1. The maximum absolute atomic E-state index is 12.0. The molecule has 0 spiro atoms. The van der Waals surface area contributed by atoms with Crippen LogP contribution in [0.4, 0.5) is 5.69 Å². The first kappa shape index (κ1) is 27.2. The Morgan fingerprint density at radius 2 is 1.48 bits per heavy atom. The Kier molecular flexibility index (Phi) is 17.7. The Bertz CT molecular complexity index is 559. The minimum Gasteiger partial charge on any atom is -0.458 e. The Morgan fingerprint density at radius 3 is 2.10 bits per heavy atom. The number of hydrogen-bond acceptors (Lipinski definition) is 4. The van der Waals surface area contributed by atoms with Gasteiger partial charge in [-0.25, -0.2) is 0 Å². The second-order valence-corrected chi connectivity index (χ2v) is 8.38. The van der Waals surface area contributed by atoms with Crippen molar-refractivity contribution in [3.63, 3.8) is 0 Å². The highest BCUT2D eigenvalue weighted by molar-refractivity contribution is 5.69. The highest BCUT2D eigenvalue weighted by Gasteiger charge is 2.13. The maximum Gasteiger partial charge on any atom is 0.306 e. The summed E-state index contributed by atoms with van der Waals surface area (Å²) in [5.74, 6) is -0.216. The summed E-state index contributed by atoms with van der Waals surface area (Å²) >= 11 is 0. The van der Waals surface area contributed by atoms with Crippen LogP contribution in [-0.2, 0) is 9.53 Å². The fourth-order valence-corrected chi connectivity index (χ4v) is 3.52. The lowest BCUT2D eigenvalue weighted by Crippen LogP contribution is -2.29. The van der Waals surface area contributed by atoms with E-state index in [9.17, 15) is 9.90 Å². The molecule has 0 fully saturated rings. The van der Waals surface area contributed by atoms with Crippen LogP contribution in [0.2, 0.25) is 0 Å². The van der Waals surface area contributed by atoms with Gasteiger partial charge in [-0.15, -0.1) is 0 Å². The molecule has 1 aromatic rings. The molecular weight excluding hydrogens is 386 g/mol. The summed E-state index contributed by atoms with van der Waals surface area (Å²) in [6.45, 7) is 2.51. The number of rotatable bonds is 20. The summed E-state index contributed by atoms with van der Waals surface area (Å²) in [6.07, 6.45) is 20.7. The molecule has 4 nitrogen and oxygen atoms in total. The average Bonchev–Trinajstić information content (AvgIpc) is 2.79. The van der Waals surface area contributed by atoms with E-state index >= 15 is 0 Å². The summed E-state index contributed by atoms with van der Waals surface area (Å²) in [7, 11) is 0. The Labute approximate surface area is 190 Å². The van der Waals surface area contributed by atoms with Crippen LogP contribution in [0.3, 0.4) is 0 Å². The molecule has 0 aliphatic rings. The second kappa shape index (κ2) is 20.1. The smallest absolute Gasteiger partial charge is 0.306 e. The number of carbonyl (C=O) groups excluding carboxylic acids is 1. The number of nitrogens with one attached hydrogen (secondary N) is 1. The summed E-state index contributed by atoms with van der Waals surface area (Å²) in [5.41, 5.74) is 0.953. The van der Waals surface area contributed by atoms with Gasteiger partial charge in [-0.05, 0) is 44.2 Å². The summed E-state index contributed by atoms with van der Waals surface area (Å²) < 4.78 is 5.38. The van der Waals surface area contributed by atoms with Crippen molar-refractivity contribution in [3.05, 3.63) is 42.5 Å². The fourth-order valence-electron chi connectivity index (χ4n) is 3.52. The molecule has 0 aliphatic carbocycles. The minimum absolute atomic E-state index is 0.169. The molecule has 0 aromatic heterocycles. The number of allylic oxidation sites excluding steroid dienone is 2. The van der Waals surface area contributed by atoms with Gasteiger partial charge in [-0.1, -0.05) is 88.6 Å². The van der Waals surface area contributed by atoms with Crippen molar-refractivity contribution in [1.29, 1.82) is 0 Å². The van der Waals surface area contributed by atoms with E-state index in [1.54, 1.807) is 0 Å². The summed E-state index contributed by atoms with van der Waals surface area (Å²) in [5, 5.41) is 12.6. The van der Waals surface area contributed by atoms with E-state index in [-0.39, 0.29) is 12.6 Å². The van der Waals surface area contributed by atoms with Crippen molar-refractivity contribution in [2.45, 2.75) is 103 Å². The van der Waals surface area contributed by atoms with E-state index in [0.29, 0.717) is 13.0 Å². The number of anilines is 1. The maximum atomic E-state index is 12.0. The molecule has 4 heteroatoms. The first-order valence-corrected chi connectivity index (χ1v) is 12.5. The van der Waals surface area contributed by atoms with Gasteiger partial charge < -0.3 is 15.2 Å². The fraction of sp³-hybridized carbons (Fsp3) is 0.667. The zero-order valence-electron chi connectivity index (χ0n) is 19.7. The second-order valence-electron chi connectivity index (χ2n) is 8.38. The number of aliphatic hydroxyl groups excluding tert-OH is 1. The lowest BCUT2D eigenvalue weighted by Gasteiger charge is -2.17. The molecule has 1 atom stereocenters. The Balaban J connectivity index is 1.92. The van der Waals surface area contributed by atoms with Crippen molar-refractivity contribution >= 4 is 11.7 Å². The molecule has 0 heterocycles. The average molecular weight is 432 g/mol. The number of carbonyl (C=O) groups is 1. The van der Waals surface area contributed by atoms with Crippen LogP contribution in [0.15, 0.2) is 42.5 Å². The number of ether oxygens (including phenoxy) is 1. The monoisotopic (exact) mass is 431 g/mol. The van der Waals surface area contributed by atoms with Crippen LogP contribution in [-0.4, -0.2) is 30.3 Å². The molecule has 176 valence electrons. The zero-order chi connectivity index (χ0) is 22.4. The van der Waals surface area contributed by atoms with Gasteiger partial charge in [0.15, 0.2) is 0 Å². The third kappa shape index (κ3) is 16.5. The molecule has 1 aromatic carbocycles. The molecule has 0 aliphatic heterocycles. The van der Waals surface area contributed by atoms with Crippen molar-refractivity contribution in [3.8, 4) is 0 Å². The van der Waals surface area contributed by atoms with Gasteiger partial charge in [0.25, 0.3) is 0 Å². The predicted molar refractivity (Wildman–Crippen MR) is 131 cm³/mol. The first-order valence-electron chi connectivity index (χ1n) is 12.5. The van der Waals surface area contributed by atoms with Crippen molar-refractivity contribution in [1.82, 2.24) is 0 Å². The Hall–Kier alpha value is -1.81. The van der Waals surface area contributed by atoms with E-state index in [1.807, 2.05) is 30.3 Å². The number of unbranched alkanes of at least 4 members (excludes halogenated alkanes) is 11. The number of hydrogen-bond donors (Lipinski definition) is 2. The lowest BCUT2D eigenvalue weighted by atomic mass is 10.1. The van der Waals surface area contributed by atoms with Crippen LogP contribution in [0.5, 0.6) is 0 Å². The molecule has 0 saturated heterocycles. The molecular formula is C27H45NO3. The minimum atomic E-state index is -0.504. The van der Waals surface area contributed by atoms with E-state index < -0.39 is 6.10 Å². The highest BCUT2D eigenvalue weighted by atomic mass is 16.6. The number of para-hydroxylation sites is 1. The molecule has 0 amide bonds. The molecule has 0 radical (unpaired) electrons. The highest BCUT2D eigenvalue weighted by Crippen LogP contribution is 2.11. The molecule has 0 saturated carbocycles. The third-order valence-corrected chi connectivity index (χ3v) is 5.45. The largest absolute Gasteiger partial charge is 0.458 e. The molecule has 1 unspecified atom stereocenters. The van der Waals surface area contributed by atoms with Crippen LogP contribution >= 0.6 is 0 Å². The number of esters is 1. The normalized spacial score (nSPS) is 12.2. The first-order chi connectivity index (χ1) is 15.3. The third-order valence-electron chi connectivity index (χ3n) is 5.45.